The fourth-order valence-corrected chi connectivity index (χ4v) is 1.84. The molecule has 1 atom stereocenters. The van der Waals surface area contributed by atoms with Gasteiger partial charge in [0.15, 0.2) is 0 Å². The third-order valence-corrected chi connectivity index (χ3v) is 3.06. The number of rotatable bonds is 3. The van der Waals surface area contributed by atoms with E-state index < -0.39 is 0 Å². The van der Waals surface area contributed by atoms with E-state index in [1.54, 1.807) is 0 Å². The minimum absolute atomic E-state index is 0.311. The van der Waals surface area contributed by atoms with Crippen LogP contribution in [0, 0.1) is 0 Å². The summed E-state index contributed by atoms with van der Waals surface area (Å²) in [5.41, 5.74) is 2.30. The summed E-state index contributed by atoms with van der Waals surface area (Å²) in [4.78, 5) is 3.19. The van der Waals surface area contributed by atoms with E-state index in [0.717, 1.165) is 5.52 Å². The number of H-pyrrole nitrogens is 1. The first-order valence-electron chi connectivity index (χ1n) is 4.60. The van der Waals surface area contributed by atoms with E-state index in [-0.39, 0.29) is 6.10 Å². The first kappa shape index (κ1) is 9.74. The molecule has 0 aliphatic rings. The average Bonchev–Trinajstić information content (AvgIpc) is 2.62. The van der Waals surface area contributed by atoms with Crippen molar-refractivity contribution in [1.82, 2.24) is 4.98 Å². The Morgan fingerprint density at radius 1 is 1.36 bits per heavy atom. The van der Waals surface area contributed by atoms with Gasteiger partial charge in [-0.2, -0.15) is 0 Å². The molecule has 1 unspecified atom stereocenters. The van der Waals surface area contributed by atoms with Gasteiger partial charge in [0.2, 0.25) is 0 Å². The van der Waals surface area contributed by atoms with Crippen molar-refractivity contribution in [1.29, 1.82) is 0 Å². The number of aromatic nitrogens is 1. The minimum Gasteiger partial charge on any atom is -0.392 e. The summed E-state index contributed by atoms with van der Waals surface area (Å²) in [7, 11) is 0. The smallest absolute Gasteiger partial charge is 0.0678 e. The van der Waals surface area contributed by atoms with Gasteiger partial charge in [-0.3, -0.25) is 0 Å². The Balaban J connectivity index is 2.33. The van der Waals surface area contributed by atoms with E-state index in [9.17, 15) is 5.11 Å². The summed E-state index contributed by atoms with van der Waals surface area (Å²) in [5.74, 6) is 0. The molecule has 0 saturated heterocycles. The first-order valence-corrected chi connectivity index (χ1v) is 5.72. The van der Waals surface area contributed by atoms with Crippen LogP contribution in [0.1, 0.15) is 5.56 Å². The maximum atomic E-state index is 9.53. The molecular formula is C11H12BrNO. The maximum absolute atomic E-state index is 9.53. The SMILES string of the molecule is OC(CBr)Cc1c[nH]c2ccccc12. The highest BCUT2D eigenvalue weighted by Gasteiger charge is 2.07. The Bertz CT molecular complexity index is 424. The largest absolute Gasteiger partial charge is 0.392 e. The third kappa shape index (κ3) is 1.83. The molecule has 2 nitrogen and oxygen atoms in total. The van der Waals surface area contributed by atoms with Crippen LogP contribution in [0.3, 0.4) is 0 Å². The Morgan fingerprint density at radius 3 is 2.93 bits per heavy atom. The maximum Gasteiger partial charge on any atom is 0.0678 e. The van der Waals surface area contributed by atoms with Crippen molar-refractivity contribution >= 4 is 26.8 Å². The van der Waals surface area contributed by atoms with Crippen molar-refractivity contribution < 1.29 is 5.11 Å². The molecule has 14 heavy (non-hydrogen) atoms. The number of aromatic amines is 1. The van der Waals surface area contributed by atoms with Crippen molar-refractivity contribution in [3.63, 3.8) is 0 Å². The number of hydrogen-bond acceptors (Lipinski definition) is 1. The molecule has 2 rings (SSSR count). The summed E-state index contributed by atoms with van der Waals surface area (Å²) in [6.45, 7) is 0. The highest BCUT2D eigenvalue weighted by atomic mass is 79.9. The van der Waals surface area contributed by atoms with Gasteiger partial charge in [0, 0.05) is 28.9 Å². The molecule has 1 heterocycles. The highest BCUT2D eigenvalue weighted by Crippen LogP contribution is 2.19. The van der Waals surface area contributed by atoms with Gasteiger partial charge in [-0.1, -0.05) is 34.1 Å². The van der Waals surface area contributed by atoms with E-state index >= 15 is 0 Å². The summed E-state index contributed by atoms with van der Waals surface area (Å²) in [6.07, 6.45) is 2.35. The number of aliphatic hydroxyl groups is 1. The number of nitrogens with one attached hydrogen (secondary N) is 1. The number of halogens is 1. The van der Waals surface area contributed by atoms with Gasteiger partial charge in [-0.15, -0.1) is 0 Å². The quantitative estimate of drug-likeness (QED) is 0.811. The zero-order valence-corrected chi connectivity index (χ0v) is 9.29. The second-order valence-corrected chi connectivity index (χ2v) is 4.02. The summed E-state index contributed by atoms with van der Waals surface area (Å²) in [5, 5.41) is 11.3. The van der Waals surface area contributed by atoms with Gasteiger partial charge >= 0.3 is 0 Å². The van der Waals surface area contributed by atoms with Crippen molar-refractivity contribution in [2.45, 2.75) is 12.5 Å². The van der Waals surface area contributed by atoms with Crippen molar-refractivity contribution in [3.8, 4) is 0 Å². The summed E-state index contributed by atoms with van der Waals surface area (Å²) >= 11 is 3.26. The fourth-order valence-electron chi connectivity index (χ4n) is 1.61. The van der Waals surface area contributed by atoms with Gasteiger partial charge in [-0.05, 0) is 11.6 Å². The monoisotopic (exact) mass is 253 g/mol. The molecule has 0 bridgehead atoms. The minimum atomic E-state index is -0.311. The molecule has 0 radical (unpaired) electrons. The molecule has 0 spiro atoms. The number of alkyl halides is 1. The third-order valence-electron chi connectivity index (χ3n) is 2.31. The Kier molecular flexibility index (Phi) is 2.89. The number of hydrogen-bond donors (Lipinski definition) is 2. The number of benzene rings is 1. The van der Waals surface area contributed by atoms with E-state index in [0.29, 0.717) is 11.8 Å². The zero-order valence-electron chi connectivity index (χ0n) is 7.70. The van der Waals surface area contributed by atoms with Crippen molar-refractivity contribution in [3.05, 3.63) is 36.0 Å². The van der Waals surface area contributed by atoms with E-state index in [1.807, 2.05) is 24.4 Å². The highest BCUT2D eigenvalue weighted by molar-refractivity contribution is 9.09. The number of fused-ring (bicyclic) bond motifs is 1. The van der Waals surface area contributed by atoms with Crippen LogP contribution in [0.2, 0.25) is 0 Å². The Morgan fingerprint density at radius 2 is 2.14 bits per heavy atom. The van der Waals surface area contributed by atoms with Gasteiger partial charge in [-0.25, -0.2) is 0 Å². The van der Waals surface area contributed by atoms with Crippen LogP contribution in [-0.2, 0) is 6.42 Å². The van der Waals surface area contributed by atoms with Gasteiger partial charge < -0.3 is 10.1 Å². The molecule has 0 aliphatic heterocycles. The average molecular weight is 254 g/mol. The van der Waals surface area contributed by atoms with Gasteiger partial charge in [0.1, 0.15) is 0 Å². The lowest BCUT2D eigenvalue weighted by Crippen LogP contribution is -2.11. The van der Waals surface area contributed by atoms with Gasteiger partial charge in [0.25, 0.3) is 0 Å². The fraction of sp³-hybridized carbons (Fsp3) is 0.273. The van der Waals surface area contributed by atoms with Crippen molar-refractivity contribution in [2.75, 3.05) is 5.33 Å². The van der Waals surface area contributed by atoms with Crippen LogP contribution in [0.25, 0.3) is 10.9 Å². The van der Waals surface area contributed by atoms with Gasteiger partial charge in [0.05, 0.1) is 6.10 Å². The number of aliphatic hydroxyl groups excluding tert-OH is 1. The van der Waals surface area contributed by atoms with E-state index in [4.69, 9.17) is 0 Å². The van der Waals surface area contributed by atoms with E-state index in [2.05, 4.69) is 27.0 Å². The lowest BCUT2D eigenvalue weighted by molar-refractivity contribution is 0.202. The second-order valence-electron chi connectivity index (χ2n) is 3.37. The standard InChI is InChI=1S/C11H12BrNO/c12-6-9(14)5-8-7-13-11-4-2-1-3-10(8)11/h1-4,7,9,13-14H,5-6H2. The molecule has 0 saturated carbocycles. The lowest BCUT2D eigenvalue weighted by atomic mass is 10.1. The predicted octanol–water partition coefficient (Wildman–Crippen LogP) is 2.47. The topological polar surface area (TPSA) is 36.0 Å². The van der Waals surface area contributed by atoms with Crippen LogP contribution in [-0.4, -0.2) is 21.5 Å². The lowest BCUT2D eigenvalue weighted by Gasteiger charge is -2.04. The molecule has 0 aliphatic carbocycles. The molecular weight excluding hydrogens is 242 g/mol. The Hall–Kier alpha value is -0.800. The molecule has 2 aromatic rings. The molecule has 1 aromatic heterocycles. The molecule has 74 valence electrons. The molecule has 0 fully saturated rings. The van der Waals surface area contributed by atoms with Crippen LogP contribution in [0.5, 0.6) is 0 Å². The summed E-state index contributed by atoms with van der Waals surface area (Å²) < 4.78 is 0. The number of para-hydroxylation sites is 1. The summed E-state index contributed by atoms with van der Waals surface area (Å²) in [6, 6.07) is 8.13. The van der Waals surface area contributed by atoms with Crippen LogP contribution < -0.4 is 0 Å². The zero-order chi connectivity index (χ0) is 9.97. The molecule has 2 N–H and O–H groups in total. The predicted molar refractivity (Wildman–Crippen MR) is 61.8 cm³/mol. The van der Waals surface area contributed by atoms with Crippen LogP contribution >= 0.6 is 15.9 Å². The molecule has 0 amide bonds. The first-order chi connectivity index (χ1) is 6.81. The normalized spacial score (nSPS) is 13.3. The van der Waals surface area contributed by atoms with Crippen LogP contribution in [0.4, 0.5) is 0 Å². The second kappa shape index (κ2) is 4.15. The van der Waals surface area contributed by atoms with Crippen LogP contribution in [0.15, 0.2) is 30.5 Å². The molecule has 1 aromatic carbocycles. The molecule has 3 heteroatoms. The van der Waals surface area contributed by atoms with E-state index in [1.165, 1.54) is 10.9 Å². The Labute approximate surface area is 91.1 Å². The van der Waals surface area contributed by atoms with Crippen molar-refractivity contribution in [2.24, 2.45) is 0 Å².